The number of hydrogen-bond acceptors (Lipinski definition) is 6. The molecule has 24 heavy (non-hydrogen) atoms. The molecule has 2 N–H and O–H groups in total. The minimum atomic E-state index is -1.57. The van der Waals surface area contributed by atoms with Gasteiger partial charge >= 0.3 is 5.97 Å². The Labute approximate surface area is 141 Å². The summed E-state index contributed by atoms with van der Waals surface area (Å²) in [4.78, 5) is 37.4. The van der Waals surface area contributed by atoms with Crippen LogP contribution < -0.4 is 5.32 Å². The molecule has 1 aromatic heterocycles. The Morgan fingerprint density at radius 2 is 2.38 bits per heavy atom. The van der Waals surface area contributed by atoms with Crippen LogP contribution in [-0.4, -0.2) is 57.8 Å². The fourth-order valence-corrected chi connectivity index (χ4v) is 4.31. The highest BCUT2D eigenvalue weighted by molar-refractivity contribution is 8.00. The van der Waals surface area contributed by atoms with Crippen molar-refractivity contribution in [2.45, 2.75) is 23.6 Å². The summed E-state index contributed by atoms with van der Waals surface area (Å²) in [5.41, 5.74) is -1.13. The fraction of sp³-hybridized carbons (Fsp3) is 0.400. The first-order valence-corrected chi connectivity index (χ1v) is 8.19. The maximum Gasteiger partial charge on any atom is 0.330 e. The molecule has 2 aliphatic rings. The summed E-state index contributed by atoms with van der Waals surface area (Å²) in [6.07, 6.45) is 1.41. The zero-order valence-electron chi connectivity index (χ0n) is 12.9. The van der Waals surface area contributed by atoms with Crippen LogP contribution in [0.3, 0.4) is 0 Å². The third-order valence-corrected chi connectivity index (χ3v) is 5.45. The van der Waals surface area contributed by atoms with Crippen molar-refractivity contribution >= 4 is 29.5 Å². The van der Waals surface area contributed by atoms with Crippen molar-refractivity contribution < 1.29 is 28.6 Å². The first-order valence-electron chi connectivity index (χ1n) is 7.14. The third kappa shape index (κ3) is 2.40. The van der Waals surface area contributed by atoms with Gasteiger partial charge in [0, 0.05) is 12.9 Å². The number of hydrogen-bond donors (Lipinski definition) is 2. The van der Waals surface area contributed by atoms with Crippen molar-refractivity contribution in [3.05, 3.63) is 36.3 Å². The number of β-lactam (4-membered cyclic amide) rings is 1. The number of nitrogens with one attached hydrogen (secondary N) is 1. The van der Waals surface area contributed by atoms with E-state index < -0.39 is 34.9 Å². The van der Waals surface area contributed by atoms with E-state index in [9.17, 15) is 19.5 Å². The molecule has 1 aromatic rings. The van der Waals surface area contributed by atoms with E-state index in [1.54, 1.807) is 12.1 Å². The zero-order chi connectivity index (χ0) is 17.5. The summed E-state index contributed by atoms with van der Waals surface area (Å²) in [6.45, 7) is 3.72. The summed E-state index contributed by atoms with van der Waals surface area (Å²) in [6, 6.07) is 2.20. The Hall–Kier alpha value is -2.26. The second kappa shape index (κ2) is 5.99. The number of furan rings is 1. The average molecular weight is 352 g/mol. The predicted molar refractivity (Wildman–Crippen MR) is 84.0 cm³/mol. The first-order chi connectivity index (χ1) is 11.4. The fourth-order valence-electron chi connectivity index (χ4n) is 2.92. The third-order valence-electron chi connectivity index (χ3n) is 4.04. The van der Waals surface area contributed by atoms with E-state index in [2.05, 4.69) is 11.9 Å². The molecular weight excluding hydrogens is 336 g/mol. The monoisotopic (exact) mass is 352 g/mol. The molecule has 2 aliphatic heterocycles. The molecule has 2 saturated heterocycles. The van der Waals surface area contributed by atoms with Gasteiger partial charge in [0.05, 0.1) is 12.7 Å². The molecular formula is C15H16N2O6S. The van der Waals surface area contributed by atoms with Crippen LogP contribution in [0.25, 0.3) is 0 Å². The van der Waals surface area contributed by atoms with Gasteiger partial charge in [-0.3, -0.25) is 9.59 Å². The van der Waals surface area contributed by atoms with Crippen LogP contribution in [0.4, 0.5) is 0 Å². The van der Waals surface area contributed by atoms with Gasteiger partial charge in [-0.1, -0.05) is 6.58 Å². The van der Waals surface area contributed by atoms with E-state index in [0.29, 0.717) is 17.1 Å². The summed E-state index contributed by atoms with van der Waals surface area (Å²) >= 11 is 1.31. The van der Waals surface area contributed by atoms with Crippen molar-refractivity contribution in [1.29, 1.82) is 0 Å². The van der Waals surface area contributed by atoms with E-state index >= 15 is 0 Å². The van der Waals surface area contributed by atoms with Crippen molar-refractivity contribution in [3.8, 4) is 0 Å². The zero-order valence-corrected chi connectivity index (χ0v) is 13.7. The minimum Gasteiger partial charge on any atom is -0.479 e. The highest BCUT2D eigenvalue weighted by Crippen LogP contribution is 2.46. The summed E-state index contributed by atoms with van der Waals surface area (Å²) in [5.74, 6) is -1.37. The highest BCUT2D eigenvalue weighted by Gasteiger charge is 2.67. The molecule has 9 heteroatoms. The van der Waals surface area contributed by atoms with Crippen LogP contribution in [0.15, 0.2) is 35.0 Å². The van der Waals surface area contributed by atoms with Crippen LogP contribution in [-0.2, 0) is 25.5 Å². The van der Waals surface area contributed by atoms with E-state index in [1.807, 2.05) is 0 Å². The Balaban J connectivity index is 1.78. The number of methoxy groups -OCH3 is 1. The molecule has 2 amide bonds. The van der Waals surface area contributed by atoms with Gasteiger partial charge in [-0.05, 0) is 17.7 Å². The number of ether oxygens (including phenoxy) is 1. The van der Waals surface area contributed by atoms with Crippen LogP contribution in [0.2, 0.25) is 0 Å². The average Bonchev–Trinajstić information content (AvgIpc) is 3.04. The number of aliphatic carboxylic acids is 1. The van der Waals surface area contributed by atoms with Crippen molar-refractivity contribution in [3.63, 3.8) is 0 Å². The molecule has 0 spiro atoms. The largest absolute Gasteiger partial charge is 0.479 e. The number of fused-ring (bicyclic) bond motifs is 1. The van der Waals surface area contributed by atoms with Crippen molar-refractivity contribution in [2.75, 3.05) is 12.9 Å². The molecule has 2 unspecified atom stereocenters. The van der Waals surface area contributed by atoms with Gasteiger partial charge in [-0.15, -0.1) is 11.8 Å². The maximum absolute atomic E-state index is 12.6. The Kier molecular flexibility index (Phi) is 4.14. The number of thioether (sulfide) groups is 1. The number of carbonyl (C=O) groups excluding carboxylic acids is 2. The second-order valence-corrected chi connectivity index (χ2v) is 6.59. The van der Waals surface area contributed by atoms with E-state index in [-0.39, 0.29) is 6.42 Å². The van der Waals surface area contributed by atoms with Gasteiger partial charge in [0.25, 0.3) is 11.6 Å². The molecule has 0 saturated carbocycles. The van der Waals surface area contributed by atoms with Gasteiger partial charge < -0.3 is 24.5 Å². The summed E-state index contributed by atoms with van der Waals surface area (Å²) in [7, 11) is 1.31. The lowest BCUT2D eigenvalue weighted by Gasteiger charge is -2.58. The van der Waals surface area contributed by atoms with E-state index in [0.717, 1.165) is 0 Å². The molecule has 3 heterocycles. The van der Waals surface area contributed by atoms with Gasteiger partial charge in [0.2, 0.25) is 5.91 Å². The van der Waals surface area contributed by atoms with Crippen LogP contribution in [0.1, 0.15) is 5.76 Å². The summed E-state index contributed by atoms with van der Waals surface area (Å²) in [5, 5.41) is 11.3. The number of amides is 2. The number of carboxylic acids is 1. The lowest BCUT2D eigenvalue weighted by atomic mass is 9.94. The van der Waals surface area contributed by atoms with Crippen molar-refractivity contribution in [2.24, 2.45) is 0 Å². The minimum absolute atomic E-state index is 0.0438. The standard InChI is InChI=1S/C15H16N2O6S/c1-8-7-24-14-15(22-2,13(21)17(14)11(8)12(19)20)16-10(18)6-9-4-3-5-23-9/h3-5,11,14H,1,6-7H2,2H3,(H,16,18)(H,19,20)/t11?,14-,15?/m0/s1. The predicted octanol–water partition coefficient (Wildman–Crippen LogP) is 0.205. The normalized spacial score (nSPS) is 29.0. The van der Waals surface area contributed by atoms with Crippen LogP contribution in [0.5, 0.6) is 0 Å². The molecule has 3 rings (SSSR count). The lowest BCUT2D eigenvalue weighted by Crippen LogP contribution is -2.83. The van der Waals surface area contributed by atoms with Crippen LogP contribution >= 0.6 is 11.8 Å². The number of nitrogens with zero attached hydrogens (tertiary/aromatic N) is 1. The molecule has 3 atom stereocenters. The lowest BCUT2D eigenvalue weighted by molar-refractivity contribution is -0.201. The Morgan fingerprint density at radius 1 is 1.62 bits per heavy atom. The van der Waals surface area contributed by atoms with Gasteiger partial charge in [-0.25, -0.2) is 4.79 Å². The quantitative estimate of drug-likeness (QED) is 0.443. The molecule has 0 aliphatic carbocycles. The molecule has 2 fully saturated rings. The SMILES string of the molecule is C=C1CS[C@@H]2N(C(=O)C2(NC(=O)Cc2ccco2)OC)C1C(=O)O. The first kappa shape index (κ1) is 16.6. The highest BCUT2D eigenvalue weighted by atomic mass is 32.2. The van der Waals surface area contributed by atoms with Gasteiger partial charge in [0.1, 0.15) is 11.1 Å². The Bertz CT molecular complexity index is 703. The van der Waals surface area contributed by atoms with E-state index in [1.165, 1.54) is 30.0 Å². The molecule has 8 nitrogen and oxygen atoms in total. The summed E-state index contributed by atoms with van der Waals surface area (Å²) < 4.78 is 10.4. The molecule has 0 bridgehead atoms. The van der Waals surface area contributed by atoms with Crippen LogP contribution in [0, 0.1) is 0 Å². The second-order valence-electron chi connectivity index (χ2n) is 5.52. The van der Waals surface area contributed by atoms with Gasteiger partial charge in [0.15, 0.2) is 6.04 Å². The maximum atomic E-state index is 12.6. The molecule has 0 aromatic carbocycles. The van der Waals surface area contributed by atoms with E-state index in [4.69, 9.17) is 9.15 Å². The van der Waals surface area contributed by atoms with Crippen molar-refractivity contribution in [1.82, 2.24) is 10.2 Å². The number of carboxylic acid groups (broad SMARTS) is 1. The number of rotatable bonds is 5. The Morgan fingerprint density at radius 3 is 2.96 bits per heavy atom. The smallest absolute Gasteiger partial charge is 0.330 e. The molecule has 0 radical (unpaired) electrons. The number of carbonyl (C=O) groups is 3. The topological polar surface area (TPSA) is 109 Å². The van der Waals surface area contributed by atoms with Gasteiger partial charge in [-0.2, -0.15) is 0 Å². The molecule has 128 valence electrons.